The molecule has 0 aromatic rings. The second kappa shape index (κ2) is 5.70. The highest BCUT2D eigenvalue weighted by Gasteiger charge is 2.28. The van der Waals surface area contributed by atoms with E-state index < -0.39 is 5.97 Å². The molecule has 1 amide bonds. The molecule has 5 nitrogen and oxygen atoms in total. The van der Waals surface area contributed by atoms with Crippen LogP contribution >= 0.6 is 0 Å². The second-order valence-corrected chi connectivity index (χ2v) is 3.91. The Labute approximate surface area is 89.4 Å². The minimum atomic E-state index is -0.758. The lowest BCUT2D eigenvalue weighted by Gasteiger charge is -2.14. The van der Waals surface area contributed by atoms with Crippen LogP contribution in [-0.2, 0) is 9.59 Å². The van der Waals surface area contributed by atoms with Gasteiger partial charge in [-0.25, -0.2) is 0 Å². The zero-order valence-corrected chi connectivity index (χ0v) is 9.03. The number of aliphatic carboxylic acids is 1. The number of carboxylic acids is 1. The normalized spacial score (nSPS) is 21.5. The zero-order valence-electron chi connectivity index (χ0n) is 9.03. The molecule has 5 heteroatoms. The molecule has 0 radical (unpaired) electrons. The van der Waals surface area contributed by atoms with Gasteiger partial charge in [0.2, 0.25) is 5.91 Å². The van der Waals surface area contributed by atoms with Crippen LogP contribution in [0.1, 0.15) is 19.8 Å². The molecule has 0 unspecified atom stereocenters. The summed E-state index contributed by atoms with van der Waals surface area (Å²) in [6.45, 7) is 4.21. The number of hydrogen-bond donors (Lipinski definition) is 2. The fraction of sp³-hybridized carbons (Fsp3) is 0.800. The molecular formula is C10H18N2O3. The predicted octanol–water partition coefficient (Wildman–Crippen LogP) is -0.0809. The lowest BCUT2D eigenvalue weighted by molar-refractivity contribution is -0.141. The second-order valence-electron chi connectivity index (χ2n) is 3.91. The first-order valence-electron chi connectivity index (χ1n) is 5.35. The van der Waals surface area contributed by atoms with E-state index in [4.69, 9.17) is 5.11 Å². The molecule has 0 spiro atoms. The van der Waals surface area contributed by atoms with Crippen LogP contribution in [0.5, 0.6) is 0 Å². The van der Waals surface area contributed by atoms with Crippen molar-refractivity contribution in [3.63, 3.8) is 0 Å². The minimum Gasteiger partial charge on any atom is -0.481 e. The number of carbonyl (C=O) groups is 2. The molecule has 1 heterocycles. The van der Waals surface area contributed by atoms with Crippen LogP contribution in [0.2, 0.25) is 0 Å². The Hall–Kier alpha value is -1.10. The largest absolute Gasteiger partial charge is 0.481 e. The summed E-state index contributed by atoms with van der Waals surface area (Å²) >= 11 is 0. The molecule has 1 atom stereocenters. The molecule has 1 aliphatic rings. The van der Waals surface area contributed by atoms with Gasteiger partial charge in [0.05, 0.1) is 12.5 Å². The van der Waals surface area contributed by atoms with Crippen LogP contribution in [0.25, 0.3) is 0 Å². The van der Waals surface area contributed by atoms with Gasteiger partial charge < -0.3 is 10.4 Å². The average molecular weight is 214 g/mol. The van der Waals surface area contributed by atoms with Crippen LogP contribution in [0.3, 0.4) is 0 Å². The standard InChI is InChI=1S/C10H18N2O3/c1-2-4-11-9(13)7-12-5-3-8(6-12)10(14)15/h8H,2-7H2,1H3,(H,11,13)(H,14,15)/t8-/m1/s1. The Kier molecular flexibility index (Phi) is 4.55. The number of nitrogens with one attached hydrogen (secondary N) is 1. The van der Waals surface area contributed by atoms with Gasteiger partial charge in [0.1, 0.15) is 0 Å². The van der Waals surface area contributed by atoms with E-state index in [1.165, 1.54) is 0 Å². The molecule has 15 heavy (non-hydrogen) atoms. The van der Waals surface area contributed by atoms with Gasteiger partial charge in [0, 0.05) is 13.1 Å². The Morgan fingerprint density at radius 3 is 2.80 bits per heavy atom. The van der Waals surface area contributed by atoms with E-state index in [-0.39, 0.29) is 11.8 Å². The topological polar surface area (TPSA) is 69.6 Å². The van der Waals surface area contributed by atoms with Crippen LogP contribution < -0.4 is 5.32 Å². The van der Waals surface area contributed by atoms with E-state index in [0.29, 0.717) is 32.6 Å². The number of rotatable bonds is 5. The van der Waals surface area contributed by atoms with Gasteiger partial charge in [0.25, 0.3) is 0 Å². The lowest BCUT2D eigenvalue weighted by Crippen LogP contribution is -2.36. The Bertz CT molecular complexity index is 243. The molecule has 1 rings (SSSR count). The minimum absolute atomic E-state index is 0.0112. The summed E-state index contributed by atoms with van der Waals surface area (Å²) < 4.78 is 0. The van der Waals surface area contributed by atoms with Crippen molar-refractivity contribution in [2.75, 3.05) is 26.2 Å². The maximum absolute atomic E-state index is 11.3. The Morgan fingerprint density at radius 2 is 2.27 bits per heavy atom. The molecule has 2 N–H and O–H groups in total. The molecule has 1 aliphatic heterocycles. The highest BCUT2D eigenvalue weighted by atomic mass is 16.4. The van der Waals surface area contributed by atoms with Gasteiger partial charge in [-0.05, 0) is 19.4 Å². The van der Waals surface area contributed by atoms with Gasteiger partial charge in [-0.3, -0.25) is 14.5 Å². The van der Waals surface area contributed by atoms with Crippen molar-refractivity contribution in [1.29, 1.82) is 0 Å². The van der Waals surface area contributed by atoms with Crippen molar-refractivity contribution in [3.05, 3.63) is 0 Å². The summed E-state index contributed by atoms with van der Waals surface area (Å²) in [7, 11) is 0. The maximum atomic E-state index is 11.3. The quantitative estimate of drug-likeness (QED) is 0.671. The van der Waals surface area contributed by atoms with Gasteiger partial charge in [-0.2, -0.15) is 0 Å². The summed E-state index contributed by atoms with van der Waals surface area (Å²) in [6, 6.07) is 0. The van der Waals surface area contributed by atoms with Gasteiger partial charge in [0.15, 0.2) is 0 Å². The molecule has 0 aromatic heterocycles. The van der Waals surface area contributed by atoms with E-state index in [0.717, 1.165) is 6.42 Å². The number of likely N-dealkylation sites (tertiary alicyclic amines) is 1. The monoisotopic (exact) mass is 214 g/mol. The number of amides is 1. The Balaban J connectivity index is 2.23. The highest BCUT2D eigenvalue weighted by molar-refractivity contribution is 5.78. The summed E-state index contributed by atoms with van der Waals surface area (Å²) in [5, 5.41) is 11.6. The average Bonchev–Trinajstić information content (AvgIpc) is 2.63. The van der Waals surface area contributed by atoms with Crippen molar-refractivity contribution in [1.82, 2.24) is 10.2 Å². The lowest BCUT2D eigenvalue weighted by atomic mass is 10.1. The molecule has 0 saturated carbocycles. The fourth-order valence-corrected chi connectivity index (χ4v) is 1.70. The highest BCUT2D eigenvalue weighted by Crippen LogP contribution is 2.15. The fourth-order valence-electron chi connectivity index (χ4n) is 1.70. The SMILES string of the molecule is CCCNC(=O)CN1CC[C@@H](C(=O)O)C1. The predicted molar refractivity (Wildman–Crippen MR) is 55.5 cm³/mol. The van der Waals surface area contributed by atoms with Crippen molar-refractivity contribution >= 4 is 11.9 Å². The summed E-state index contributed by atoms with van der Waals surface area (Å²) in [4.78, 5) is 23.9. The smallest absolute Gasteiger partial charge is 0.307 e. The number of carboxylic acid groups (broad SMARTS) is 1. The summed E-state index contributed by atoms with van der Waals surface area (Å²) in [5.74, 6) is -1.07. The molecule has 86 valence electrons. The zero-order chi connectivity index (χ0) is 11.3. The van der Waals surface area contributed by atoms with Crippen molar-refractivity contribution in [3.8, 4) is 0 Å². The maximum Gasteiger partial charge on any atom is 0.307 e. The van der Waals surface area contributed by atoms with Crippen LogP contribution in [0.15, 0.2) is 0 Å². The van der Waals surface area contributed by atoms with Gasteiger partial charge in [-0.15, -0.1) is 0 Å². The van der Waals surface area contributed by atoms with Crippen LogP contribution in [-0.4, -0.2) is 48.1 Å². The van der Waals surface area contributed by atoms with Gasteiger partial charge in [-0.1, -0.05) is 6.92 Å². The number of carbonyl (C=O) groups excluding carboxylic acids is 1. The van der Waals surface area contributed by atoms with E-state index in [2.05, 4.69) is 5.32 Å². The number of nitrogens with zero attached hydrogens (tertiary/aromatic N) is 1. The summed E-state index contributed by atoms with van der Waals surface area (Å²) in [6.07, 6.45) is 1.57. The molecule has 1 fully saturated rings. The van der Waals surface area contributed by atoms with Crippen LogP contribution in [0.4, 0.5) is 0 Å². The van der Waals surface area contributed by atoms with Crippen molar-refractivity contribution in [2.24, 2.45) is 5.92 Å². The summed E-state index contributed by atoms with van der Waals surface area (Å²) in [5.41, 5.74) is 0. The molecular weight excluding hydrogens is 196 g/mol. The first kappa shape index (κ1) is 12.0. The molecule has 0 bridgehead atoms. The molecule has 1 saturated heterocycles. The number of hydrogen-bond acceptors (Lipinski definition) is 3. The van der Waals surface area contributed by atoms with E-state index in [9.17, 15) is 9.59 Å². The first-order valence-corrected chi connectivity index (χ1v) is 5.35. The first-order chi connectivity index (χ1) is 7.13. The van der Waals surface area contributed by atoms with E-state index in [1.54, 1.807) is 0 Å². The third-order valence-electron chi connectivity index (χ3n) is 2.56. The Morgan fingerprint density at radius 1 is 1.53 bits per heavy atom. The van der Waals surface area contributed by atoms with E-state index >= 15 is 0 Å². The van der Waals surface area contributed by atoms with E-state index in [1.807, 2.05) is 11.8 Å². The van der Waals surface area contributed by atoms with Crippen molar-refractivity contribution < 1.29 is 14.7 Å². The van der Waals surface area contributed by atoms with Gasteiger partial charge >= 0.3 is 5.97 Å². The van der Waals surface area contributed by atoms with Crippen molar-refractivity contribution in [2.45, 2.75) is 19.8 Å². The third-order valence-corrected chi connectivity index (χ3v) is 2.56. The molecule has 0 aliphatic carbocycles. The van der Waals surface area contributed by atoms with Crippen LogP contribution in [0, 0.1) is 5.92 Å². The molecule has 0 aromatic carbocycles. The third kappa shape index (κ3) is 3.87.